The van der Waals surface area contributed by atoms with Crippen molar-refractivity contribution in [3.8, 4) is 5.75 Å². The zero-order valence-corrected chi connectivity index (χ0v) is 17.9. The quantitative estimate of drug-likeness (QED) is 0.535. The number of benzene rings is 2. The number of anilines is 1. The Balaban J connectivity index is 1.73. The first-order chi connectivity index (χ1) is 14.7. The van der Waals surface area contributed by atoms with E-state index in [1.54, 1.807) is 35.2 Å². The minimum atomic E-state index is -4.07. The third-order valence-electron chi connectivity index (χ3n) is 4.31. The standard InChI is InChI=1S/C22H22N2O6S/c1-16(25)23-19-8-10-22(11-9-19)31(27,28)30-20-6-3-5-18(13-20)14-24(17(2)26)15-21-7-4-12-29-21/h3-13H,14-15H2,1-2H3,(H,23,25). The van der Waals surface area contributed by atoms with Gasteiger partial charge in [0.2, 0.25) is 11.8 Å². The van der Waals surface area contributed by atoms with Gasteiger partial charge < -0.3 is 18.8 Å². The molecule has 0 radical (unpaired) electrons. The summed E-state index contributed by atoms with van der Waals surface area (Å²) in [5.74, 6) is 0.378. The summed E-state index contributed by atoms with van der Waals surface area (Å²) in [6, 6.07) is 15.7. The lowest BCUT2D eigenvalue weighted by molar-refractivity contribution is -0.130. The summed E-state index contributed by atoms with van der Waals surface area (Å²) in [4.78, 5) is 24.6. The molecule has 3 rings (SSSR count). The molecule has 0 aliphatic carbocycles. The molecule has 162 valence electrons. The maximum Gasteiger partial charge on any atom is 0.339 e. The van der Waals surface area contributed by atoms with E-state index in [2.05, 4.69) is 5.32 Å². The fourth-order valence-corrected chi connectivity index (χ4v) is 3.79. The third-order valence-corrected chi connectivity index (χ3v) is 5.57. The number of hydrogen-bond acceptors (Lipinski definition) is 6. The second-order valence-corrected chi connectivity index (χ2v) is 8.39. The van der Waals surface area contributed by atoms with Gasteiger partial charge in [0.1, 0.15) is 16.4 Å². The Morgan fingerprint density at radius 1 is 1.00 bits per heavy atom. The number of nitrogens with one attached hydrogen (secondary N) is 1. The fourth-order valence-electron chi connectivity index (χ4n) is 2.87. The summed E-state index contributed by atoms with van der Waals surface area (Å²) >= 11 is 0. The van der Waals surface area contributed by atoms with Crippen LogP contribution in [0.4, 0.5) is 5.69 Å². The zero-order valence-electron chi connectivity index (χ0n) is 17.1. The van der Waals surface area contributed by atoms with Crippen LogP contribution in [-0.2, 0) is 32.8 Å². The molecule has 2 aromatic carbocycles. The average Bonchev–Trinajstić information content (AvgIpc) is 3.20. The Labute approximate surface area is 180 Å². The summed E-state index contributed by atoms with van der Waals surface area (Å²) in [6.45, 7) is 3.38. The Morgan fingerprint density at radius 2 is 1.74 bits per heavy atom. The van der Waals surface area contributed by atoms with Gasteiger partial charge in [0.15, 0.2) is 0 Å². The van der Waals surface area contributed by atoms with Gasteiger partial charge in [-0.15, -0.1) is 0 Å². The second kappa shape index (κ2) is 9.48. The molecule has 0 fully saturated rings. The molecule has 2 amide bonds. The van der Waals surface area contributed by atoms with Crippen LogP contribution in [0.1, 0.15) is 25.2 Å². The van der Waals surface area contributed by atoms with Crippen LogP contribution in [0.25, 0.3) is 0 Å². The predicted molar refractivity (Wildman–Crippen MR) is 114 cm³/mol. The monoisotopic (exact) mass is 442 g/mol. The fraction of sp³-hybridized carbons (Fsp3) is 0.182. The van der Waals surface area contributed by atoms with E-state index in [4.69, 9.17) is 8.60 Å². The van der Waals surface area contributed by atoms with E-state index in [9.17, 15) is 18.0 Å². The Hall–Kier alpha value is -3.59. The lowest BCUT2D eigenvalue weighted by Gasteiger charge is -2.20. The Morgan fingerprint density at radius 3 is 2.35 bits per heavy atom. The molecule has 31 heavy (non-hydrogen) atoms. The molecule has 0 aliphatic rings. The number of rotatable bonds is 8. The van der Waals surface area contributed by atoms with Crippen molar-refractivity contribution in [1.82, 2.24) is 4.90 Å². The highest BCUT2D eigenvalue weighted by Gasteiger charge is 2.18. The predicted octanol–water partition coefficient (Wildman–Crippen LogP) is 3.55. The van der Waals surface area contributed by atoms with E-state index in [1.807, 2.05) is 0 Å². The van der Waals surface area contributed by atoms with Gasteiger partial charge in [-0.2, -0.15) is 8.42 Å². The van der Waals surface area contributed by atoms with E-state index in [1.165, 1.54) is 50.4 Å². The minimum Gasteiger partial charge on any atom is -0.467 e. The first-order valence-electron chi connectivity index (χ1n) is 9.42. The highest BCUT2D eigenvalue weighted by molar-refractivity contribution is 7.87. The first-order valence-corrected chi connectivity index (χ1v) is 10.8. The molecule has 1 N–H and O–H groups in total. The number of amides is 2. The zero-order chi connectivity index (χ0) is 22.4. The van der Waals surface area contributed by atoms with Gasteiger partial charge in [-0.25, -0.2) is 0 Å². The Kier molecular flexibility index (Phi) is 6.76. The summed E-state index contributed by atoms with van der Waals surface area (Å²) in [5.41, 5.74) is 1.18. The van der Waals surface area contributed by atoms with E-state index in [0.29, 0.717) is 23.6 Å². The number of hydrogen-bond donors (Lipinski definition) is 1. The van der Waals surface area contributed by atoms with Crippen LogP contribution in [0.3, 0.4) is 0 Å². The first kappa shape index (κ1) is 22.1. The van der Waals surface area contributed by atoms with E-state index in [-0.39, 0.29) is 29.0 Å². The highest BCUT2D eigenvalue weighted by atomic mass is 32.2. The van der Waals surface area contributed by atoms with Gasteiger partial charge in [-0.05, 0) is 54.1 Å². The van der Waals surface area contributed by atoms with Crippen LogP contribution in [0.2, 0.25) is 0 Å². The summed E-state index contributed by atoms with van der Waals surface area (Å²) in [5, 5.41) is 2.57. The number of nitrogens with zero attached hydrogens (tertiary/aromatic N) is 1. The van der Waals surface area contributed by atoms with Crippen LogP contribution >= 0.6 is 0 Å². The maximum absolute atomic E-state index is 12.6. The van der Waals surface area contributed by atoms with E-state index < -0.39 is 10.1 Å². The Bertz CT molecular complexity index is 1150. The third kappa shape index (κ3) is 6.19. The van der Waals surface area contributed by atoms with Gasteiger partial charge in [-0.1, -0.05) is 12.1 Å². The minimum absolute atomic E-state index is 0.0461. The lowest BCUT2D eigenvalue weighted by Crippen LogP contribution is -2.27. The van der Waals surface area contributed by atoms with E-state index >= 15 is 0 Å². The van der Waals surface area contributed by atoms with Crippen molar-refractivity contribution in [1.29, 1.82) is 0 Å². The molecular weight excluding hydrogens is 420 g/mol. The SMILES string of the molecule is CC(=O)Nc1ccc(S(=O)(=O)Oc2cccc(CN(Cc3ccco3)C(C)=O)c2)cc1. The molecule has 1 heterocycles. The van der Waals surface area contributed by atoms with E-state index in [0.717, 1.165) is 0 Å². The van der Waals surface area contributed by atoms with Crippen LogP contribution < -0.4 is 9.50 Å². The van der Waals surface area contributed by atoms with Crippen LogP contribution in [-0.4, -0.2) is 25.1 Å². The number of carbonyl (C=O) groups is 2. The van der Waals surface area contributed by atoms with Gasteiger partial charge >= 0.3 is 10.1 Å². The average molecular weight is 442 g/mol. The molecule has 0 saturated heterocycles. The van der Waals surface area contributed by atoms with Crippen LogP contribution in [0.15, 0.2) is 76.2 Å². The molecule has 1 aromatic heterocycles. The van der Waals surface area contributed by atoms with Crippen molar-refractivity contribution in [2.45, 2.75) is 31.8 Å². The van der Waals surface area contributed by atoms with Gasteiger partial charge in [-0.3, -0.25) is 9.59 Å². The summed E-state index contributed by atoms with van der Waals surface area (Å²) < 4.78 is 35.8. The van der Waals surface area contributed by atoms with Gasteiger partial charge in [0.25, 0.3) is 0 Å². The van der Waals surface area contributed by atoms with Gasteiger partial charge in [0, 0.05) is 26.1 Å². The smallest absolute Gasteiger partial charge is 0.339 e. The molecular formula is C22H22N2O6S. The normalized spacial score (nSPS) is 11.0. The molecule has 0 saturated carbocycles. The molecule has 9 heteroatoms. The molecule has 0 bridgehead atoms. The lowest BCUT2D eigenvalue weighted by atomic mass is 10.2. The molecule has 0 spiro atoms. The highest BCUT2D eigenvalue weighted by Crippen LogP contribution is 2.22. The van der Waals surface area contributed by atoms with Crippen molar-refractivity contribution in [3.63, 3.8) is 0 Å². The largest absolute Gasteiger partial charge is 0.467 e. The van der Waals surface area contributed by atoms with Crippen molar-refractivity contribution in [2.75, 3.05) is 5.32 Å². The molecule has 0 atom stereocenters. The van der Waals surface area contributed by atoms with Gasteiger partial charge in [0.05, 0.1) is 12.8 Å². The van der Waals surface area contributed by atoms with Crippen molar-refractivity contribution in [3.05, 3.63) is 78.3 Å². The second-order valence-electron chi connectivity index (χ2n) is 6.84. The van der Waals surface area contributed by atoms with Crippen molar-refractivity contribution in [2.24, 2.45) is 0 Å². The molecule has 3 aromatic rings. The van der Waals surface area contributed by atoms with Crippen LogP contribution in [0, 0.1) is 0 Å². The molecule has 8 nitrogen and oxygen atoms in total. The topological polar surface area (TPSA) is 106 Å². The number of carbonyl (C=O) groups excluding carboxylic acids is 2. The summed E-state index contributed by atoms with van der Waals surface area (Å²) in [7, 11) is -4.07. The summed E-state index contributed by atoms with van der Waals surface area (Å²) in [6.07, 6.45) is 1.54. The van der Waals surface area contributed by atoms with Crippen molar-refractivity contribution >= 4 is 27.6 Å². The maximum atomic E-state index is 12.6. The van der Waals surface area contributed by atoms with Crippen LogP contribution in [0.5, 0.6) is 5.75 Å². The molecule has 0 unspecified atom stereocenters. The number of furan rings is 1. The molecule has 0 aliphatic heterocycles. The van der Waals surface area contributed by atoms with Crippen molar-refractivity contribution < 1.29 is 26.6 Å².